The SMILES string of the molecule is Cc1ccc(-c2cnnn2CC(N)=S)cc1C. The van der Waals surface area contributed by atoms with Crippen LogP contribution in [0.5, 0.6) is 0 Å². The third-order valence-electron chi connectivity index (χ3n) is 2.73. The molecule has 1 aromatic carbocycles. The summed E-state index contributed by atoms with van der Waals surface area (Å²) in [5.74, 6) is 0. The minimum absolute atomic E-state index is 0.403. The lowest BCUT2D eigenvalue weighted by atomic mass is 10.0. The molecule has 0 bridgehead atoms. The Balaban J connectivity index is 2.42. The van der Waals surface area contributed by atoms with E-state index in [1.165, 1.54) is 11.1 Å². The smallest absolute Gasteiger partial charge is 0.0946 e. The molecule has 0 spiro atoms. The number of benzene rings is 1. The zero-order valence-corrected chi connectivity index (χ0v) is 10.7. The van der Waals surface area contributed by atoms with E-state index in [1.807, 2.05) is 0 Å². The van der Waals surface area contributed by atoms with Crippen LogP contribution in [0, 0.1) is 13.8 Å². The molecule has 0 saturated heterocycles. The molecule has 2 aromatic rings. The number of hydrogen-bond donors (Lipinski definition) is 1. The first kappa shape index (κ1) is 11.7. The molecule has 0 aliphatic rings. The molecule has 4 nitrogen and oxygen atoms in total. The van der Waals surface area contributed by atoms with Crippen molar-refractivity contribution in [2.75, 3.05) is 0 Å². The van der Waals surface area contributed by atoms with Gasteiger partial charge in [-0.25, -0.2) is 4.68 Å². The fourth-order valence-electron chi connectivity index (χ4n) is 1.65. The van der Waals surface area contributed by atoms with E-state index >= 15 is 0 Å². The summed E-state index contributed by atoms with van der Waals surface area (Å²) < 4.78 is 1.71. The topological polar surface area (TPSA) is 56.7 Å². The van der Waals surface area contributed by atoms with Crippen molar-refractivity contribution in [2.24, 2.45) is 5.73 Å². The Bertz CT molecular complexity index is 559. The van der Waals surface area contributed by atoms with Gasteiger partial charge in [-0.1, -0.05) is 29.6 Å². The van der Waals surface area contributed by atoms with Gasteiger partial charge in [0.25, 0.3) is 0 Å². The predicted molar refractivity (Wildman–Crippen MR) is 71.7 cm³/mol. The maximum atomic E-state index is 5.53. The van der Waals surface area contributed by atoms with Gasteiger partial charge in [0.15, 0.2) is 0 Å². The largest absolute Gasteiger partial charge is 0.392 e. The summed E-state index contributed by atoms with van der Waals surface area (Å²) in [6, 6.07) is 6.25. The van der Waals surface area contributed by atoms with Crippen molar-refractivity contribution in [3.63, 3.8) is 0 Å². The van der Waals surface area contributed by atoms with Gasteiger partial charge in [-0.05, 0) is 31.0 Å². The third kappa shape index (κ3) is 2.50. The van der Waals surface area contributed by atoms with E-state index in [0.717, 1.165) is 11.3 Å². The number of nitrogens with zero attached hydrogens (tertiary/aromatic N) is 3. The zero-order valence-electron chi connectivity index (χ0n) is 9.84. The van der Waals surface area contributed by atoms with Crippen LogP contribution in [-0.2, 0) is 6.54 Å². The van der Waals surface area contributed by atoms with Gasteiger partial charge in [-0.15, -0.1) is 5.10 Å². The van der Waals surface area contributed by atoms with E-state index < -0.39 is 0 Å². The summed E-state index contributed by atoms with van der Waals surface area (Å²) in [6.07, 6.45) is 1.72. The number of nitrogens with two attached hydrogens (primary N) is 1. The molecule has 0 radical (unpaired) electrons. The number of thiocarbonyl (C=S) groups is 1. The van der Waals surface area contributed by atoms with Crippen molar-refractivity contribution in [3.05, 3.63) is 35.5 Å². The van der Waals surface area contributed by atoms with Crippen LogP contribution in [0.4, 0.5) is 0 Å². The Morgan fingerprint density at radius 2 is 2.12 bits per heavy atom. The number of hydrogen-bond acceptors (Lipinski definition) is 3. The first-order valence-electron chi connectivity index (χ1n) is 5.32. The van der Waals surface area contributed by atoms with E-state index in [9.17, 15) is 0 Å². The van der Waals surface area contributed by atoms with Crippen molar-refractivity contribution in [1.29, 1.82) is 0 Å². The van der Waals surface area contributed by atoms with E-state index in [2.05, 4.69) is 42.4 Å². The monoisotopic (exact) mass is 246 g/mol. The fraction of sp³-hybridized carbons (Fsp3) is 0.250. The standard InChI is InChI=1S/C12H14N4S/c1-8-3-4-10(5-9(8)2)11-6-14-15-16(11)7-12(13)17/h3-6H,7H2,1-2H3,(H2,13,17). The van der Waals surface area contributed by atoms with Crippen LogP contribution in [0.2, 0.25) is 0 Å². The second-order valence-corrected chi connectivity index (χ2v) is 4.57. The van der Waals surface area contributed by atoms with Gasteiger partial charge in [0.05, 0.1) is 23.4 Å². The van der Waals surface area contributed by atoms with Crippen molar-refractivity contribution in [1.82, 2.24) is 15.0 Å². The maximum Gasteiger partial charge on any atom is 0.0946 e. The molecule has 17 heavy (non-hydrogen) atoms. The van der Waals surface area contributed by atoms with Gasteiger partial charge in [0.1, 0.15) is 0 Å². The highest BCUT2D eigenvalue weighted by Gasteiger charge is 2.08. The van der Waals surface area contributed by atoms with E-state index in [4.69, 9.17) is 18.0 Å². The van der Waals surface area contributed by atoms with Crippen LogP contribution in [0.15, 0.2) is 24.4 Å². The quantitative estimate of drug-likeness (QED) is 0.840. The van der Waals surface area contributed by atoms with Crippen molar-refractivity contribution >= 4 is 17.2 Å². The minimum atomic E-state index is 0.403. The fourth-order valence-corrected chi connectivity index (χ4v) is 1.77. The molecule has 2 rings (SSSR count). The van der Waals surface area contributed by atoms with Crippen LogP contribution in [-0.4, -0.2) is 20.0 Å². The van der Waals surface area contributed by atoms with Crippen LogP contribution < -0.4 is 5.73 Å². The highest BCUT2D eigenvalue weighted by Crippen LogP contribution is 2.20. The molecule has 0 amide bonds. The lowest BCUT2D eigenvalue weighted by Crippen LogP contribution is -2.18. The first-order valence-corrected chi connectivity index (χ1v) is 5.73. The highest BCUT2D eigenvalue weighted by atomic mass is 32.1. The van der Waals surface area contributed by atoms with Gasteiger partial charge < -0.3 is 5.73 Å². The Labute approximate surface area is 105 Å². The average molecular weight is 246 g/mol. The van der Waals surface area contributed by atoms with Gasteiger partial charge in [-0.2, -0.15) is 0 Å². The second kappa shape index (κ2) is 4.63. The molecule has 1 heterocycles. The summed E-state index contributed by atoms with van der Waals surface area (Å²) in [5, 5.41) is 7.89. The van der Waals surface area contributed by atoms with Crippen LogP contribution in [0.25, 0.3) is 11.3 Å². The maximum absolute atomic E-state index is 5.53. The predicted octanol–water partition coefficient (Wildman–Crippen LogP) is 1.85. The molecule has 1 aromatic heterocycles. The number of rotatable bonds is 3. The normalized spacial score (nSPS) is 10.5. The molecule has 0 aliphatic carbocycles. The summed E-state index contributed by atoms with van der Waals surface area (Å²) in [7, 11) is 0. The number of aryl methyl sites for hydroxylation is 2. The third-order valence-corrected chi connectivity index (χ3v) is 2.86. The van der Waals surface area contributed by atoms with Crippen LogP contribution in [0.3, 0.4) is 0 Å². The average Bonchev–Trinajstić information content (AvgIpc) is 2.69. The molecule has 2 N–H and O–H groups in total. The van der Waals surface area contributed by atoms with Crippen molar-refractivity contribution in [2.45, 2.75) is 20.4 Å². The van der Waals surface area contributed by atoms with Gasteiger partial charge in [-0.3, -0.25) is 0 Å². The van der Waals surface area contributed by atoms with Gasteiger partial charge in [0.2, 0.25) is 0 Å². The molecule has 0 atom stereocenters. The first-order chi connectivity index (χ1) is 8.08. The Kier molecular flexibility index (Phi) is 3.19. The minimum Gasteiger partial charge on any atom is -0.392 e. The molecule has 5 heteroatoms. The molecule has 0 aliphatic heterocycles. The van der Waals surface area contributed by atoms with E-state index in [-0.39, 0.29) is 0 Å². The van der Waals surface area contributed by atoms with E-state index in [0.29, 0.717) is 11.5 Å². The van der Waals surface area contributed by atoms with Crippen LogP contribution >= 0.6 is 12.2 Å². The zero-order chi connectivity index (χ0) is 12.4. The highest BCUT2D eigenvalue weighted by molar-refractivity contribution is 7.80. The van der Waals surface area contributed by atoms with Crippen LogP contribution in [0.1, 0.15) is 11.1 Å². The van der Waals surface area contributed by atoms with Gasteiger partial charge >= 0.3 is 0 Å². The molecule has 0 fully saturated rings. The molecular formula is C12H14N4S. The van der Waals surface area contributed by atoms with Crippen molar-refractivity contribution < 1.29 is 0 Å². The Morgan fingerprint density at radius 1 is 1.35 bits per heavy atom. The molecule has 88 valence electrons. The Hall–Kier alpha value is -1.75. The number of aromatic nitrogens is 3. The summed E-state index contributed by atoms with van der Waals surface area (Å²) >= 11 is 4.89. The molecule has 0 saturated carbocycles. The Morgan fingerprint density at radius 3 is 2.76 bits per heavy atom. The summed E-state index contributed by atoms with van der Waals surface area (Å²) in [4.78, 5) is 0.403. The summed E-state index contributed by atoms with van der Waals surface area (Å²) in [5.41, 5.74) is 10.0. The lowest BCUT2D eigenvalue weighted by Gasteiger charge is -2.07. The summed E-state index contributed by atoms with van der Waals surface area (Å²) in [6.45, 7) is 4.59. The molecule has 0 unspecified atom stereocenters. The van der Waals surface area contributed by atoms with Gasteiger partial charge in [0, 0.05) is 5.56 Å². The van der Waals surface area contributed by atoms with Crippen molar-refractivity contribution in [3.8, 4) is 11.3 Å². The lowest BCUT2D eigenvalue weighted by molar-refractivity contribution is 0.687. The van der Waals surface area contributed by atoms with E-state index in [1.54, 1.807) is 10.9 Å². The second-order valence-electron chi connectivity index (χ2n) is 4.04. The molecular weight excluding hydrogens is 232 g/mol.